The molecule has 14 heavy (non-hydrogen) atoms. The smallest absolute Gasteiger partial charge is 0.0565 e. The predicted molar refractivity (Wildman–Crippen MR) is 58.8 cm³/mol. The summed E-state index contributed by atoms with van der Waals surface area (Å²) in [5, 5.41) is 13.9. The van der Waals surface area contributed by atoms with Gasteiger partial charge in [-0.2, -0.15) is 0 Å². The summed E-state index contributed by atoms with van der Waals surface area (Å²) in [6.45, 7) is 11.0. The standard InChI is InChI=1S/C11H20N2O/c1-3-7-12(8-4-2)13-9-5-11(14)6-10-13/h3-4,11,14H,1-2,5-10H2. The molecule has 0 unspecified atom stereocenters. The highest BCUT2D eigenvalue weighted by atomic mass is 16.3. The number of aliphatic hydroxyl groups is 1. The fourth-order valence-electron chi connectivity index (χ4n) is 1.74. The zero-order chi connectivity index (χ0) is 10.4. The number of piperidine rings is 1. The molecular formula is C11H20N2O. The first-order valence-corrected chi connectivity index (χ1v) is 5.17. The Morgan fingerprint density at radius 1 is 1.21 bits per heavy atom. The SMILES string of the molecule is C=CCN(CC=C)N1CCC(O)CC1. The number of hydrogen-bond donors (Lipinski definition) is 1. The molecule has 1 aliphatic heterocycles. The maximum absolute atomic E-state index is 9.38. The van der Waals surface area contributed by atoms with Gasteiger partial charge in [0.05, 0.1) is 6.10 Å². The third-order valence-electron chi connectivity index (χ3n) is 2.52. The van der Waals surface area contributed by atoms with Crippen molar-refractivity contribution in [1.82, 2.24) is 10.0 Å². The van der Waals surface area contributed by atoms with Gasteiger partial charge >= 0.3 is 0 Å². The highest BCUT2D eigenvalue weighted by molar-refractivity contribution is 4.80. The van der Waals surface area contributed by atoms with E-state index in [1.165, 1.54) is 0 Å². The lowest BCUT2D eigenvalue weighted by Crippen LogP contribution is -2.48. The van der Waals surface area contributed by atoms with Gasteiger partial charge in [-0.25, -0.2) is 10.0 Å². The van der Waals surface area contributed by atoms with E-state index in [-0.39, 0.29) is 6.10 Å². The van der Waals surface area contributed by atoms with Crippen LogP contribution in [0.4, 0.5) is 0 Å². The first-order chi connectivity index (χ1) is 6.77. The van der Waals surface area contributed by atoms with Crippen LogP contribution in [0.15, 0.2) is 25.3 Å². The molecule has 0 aromatic carbocycles. The molecule has 1 fully saturated rings. The van der Waals surface area contributed by atoms with Gasteiger partial charge in [-0.05, 0) is 12.8 Å². The van der Waals surface area contributed by atoms with Crippen molar-refractivity contribution in [3.8, 4) is 0 Å². The van der Waals surface area contributed by atoms with Crippen molar-refractivity contribution in [2.24, 2.45) is 0 Å². The summed E-state index contributed by atoms with van der Waals surface area (Å²) in [5.74, 6) is 0. The minimum Gasteiger partial charge on any atom is -0.393 e. The Morgan fingerprint density at radius 3 is 2.14 bits per heavy atom. The molecule has 0 bridgehead atoms. The summed E-state index contributed by atoms with van der Waals surface area (Å²) < 4.78 is 0. The molecule has 0 aromatic heterocycles. The summed E-state index contributed by atoms with van der Waals surface area (Å²) in [6.07, 6.45) is 5.42. The average Bonchev–Trinajstić information content (AvgIpc) is 2.19. The Balaban J connectivity index is 2.42. The van der Waals surface area contributed by atoms with Crippen LogP contribution < -0.4 is 0 Å². The highest BCUT2D eigenvalue weighted by Crippen LogP contribution is 2.12. The Hall–Kier alpha value is -0.640. The van der Waals surface area contributed by atoms with Crippen LogP contribution in [0.2, 0.25) is 0 Å². The van der Waals surface area contributed by atoms with Crippen LogP contribution in [0.5, 0.6) is 0 Å². The lowest BCUT2D eigenvalue weighted by molar-refractivity contribution is -0.0492. The molecule has 0 spiro atoms. The molecule has 1 N–H and O–H groups in total. The van der Waals surface area contributed by atoms with Crippen molar-refractivity contribution in [2.75, 3.05) is 26.2 Å². The van der Waals surface area contributed by atoms with Crippen molar-refractivity contribution >= 4 is 0 Å². The summed E-state index contributed by atoms with van der Waals surface area (Å²) in [4.78, 5) is 0. The molecule has 0 amide bonds. The Morgan fingerprint density at radius 2 is 1.71 bits per heavy atom. The minimum absolute atomic E-state index is 0.111. The predicted octanol–water partition coefficient (Wildman–Crippen LogP) is 1.03. The topological polar surface area (TPSA) is 26.7 Å². The van der Waals surface area contributed by atoms with Crippen LogP contribution >= 0.6 is 0 Å². The molecule has 1 rings (SSSR count). The molecule has 0 aliphatic carbocycles. The highest BCUT2D eigenvalue weighted by Gasteiger charge is 2.20. The van der Waals surface area contributed by atoms with Gasteiger partial charge in [-0.15, -0.1) is 13.2 Å². The maximum atomic E-state index is 9.38. The summed E-state index contributed by atoms with van der Waals surface area (Å²) in [7, 11) is 0. The molecule has 1 heterocycles. The number of hydrogen-bond acceptors (Lipinski definition) is 3. The maximum Gasteiger partial charge on any atom is 0.0565 e. The summed E-state index contributed by atoms with van der Waals surface area (Å²) >= 11 is 0. The van der Waals surface area contributed by atoms with Crippen molar-refractivity contribution in [3.05, 3.63) is 25.3 Å². The van der Waals surface area contributed by atoms with Gasteiger partial charge in [-0.1, -0.05) is 12.2 Å². The molecule has 0 atom stereocenters. The number of nitrogens with zero attached hydrogens (tertiary/aromatic N) is 2. The molecule has 80 valence electrons. The van der Waals surface area contributed by atoms with Gasteiger partial charge < -0.3 is 5.11 Å². The lowest BCUT2D eigenvalue weighted by Gasteiger charge is -2.37. The second-order valence-corrected chi connectivity index (χ2v) is 3.63. The second-order valence-electron chi connectivity index (χ2n) is 3.63. The van der Waals surface area contributed by atoms with Gasteiger partial charge in [0, 0.05) is 26.2 Å². The Kier molecular flexibility index (Phi) is 4.87. The minimum atomic E-state index is -0.111. The normalized spacial score (nSPS) is 19.9. The van der Waals surface area contributed by atoms with Crippen LogP contribution in [0, 0.1) is 0 Å². The quantitative estimate of drug-likeness (QED) is 0.665. The van der Waals surface area contributed by atoms with Crippen LogP contribution in [0.3, 0.4) is 0 Å². The third-order valence-corrected chi connectivity index (χ3v) is 2.52. The van der Waals surface area contributed by atoms with Gasteiger partial charge in [0.1, 0.15) is 0 Å². The molecule has 0 radical (unpaired) electrons. The fourth-order valence-corrected chi connectivity index (χ4v) is 1.74. The van der Waals surface area contributed by atoms with Gasteiger partial charge in [0.2, 0.25) is 0 Å². The van der Waals surface area contributed by atoms with E-state index in [1.54, 1.807) is 0 Å². The monoisotopic (exact) mass is 196 g/mol. The van der Waals surface area contributed by atoms with Crippen molar-refractivity contribution in [3.63, 3.8) is 0 Å². The van der Waals surface area contributed by atoms with E-state index < -0.39 is 0 Å². The molecule has 3 nitrogen and oxygen atoms in total. The zero-order valence-electron chi connectivity index (χ0n) is 8.73. The van der Waals surface area contributed by atoms with Crippen LogP contribution in [-0.4, -0.2) is 47.4 Å². The molecule has 3 heteroatoms. The molecule has 0 aromatic rings. The average molecular weight is 196 g/mol. The Labute approximate surface area is 86.3 Å². The third kappa shape index (κ3) is 3.25. The first-order valence-electron chi connectivity index (χ1n) is 5.17. The largest absolute Gasteiger partial charge is 0.393 e. The summed E-state index contributed by atoms with van der Waals surface area (Å²) in [5.41, 5.74) is 0. The molecule has 1 saturated heterocycles. The fraction of sp³-hybridized carbons (Fsp3) is 0.636. The van der Waals surface area contributed by atoms with Gasteiger partial charge in [0.15, 0.2) is 0 Å². The van der Waals surface area contributed by atoms with E-state index in [9.17, 15) is 5.11 Å². The number of hydrazine groups is 1. The van der Waals surface area contributed by atoms with Crippen molar-refractivity contribution < 1.29 is 5.11 Å². The molecule has 1 aliphatic rings. The molecule has 0 saturated carbocycles. The van der Waals surface area contributed by atoms with Crippen molar-refractivity contribution in [1.29, 1.82) is 0 Å². The van der Waals surface area contributed by atoms with Crippen LogP contribution in [0.1, 0.15) is 12.8 Å². The van der Waals surface area contributed by atoms with Crippen LogP contribution in [-0.2, 0) is 0 Å². The zero-order valence-corrected chi connectivity index (χ0v) is 8.73. The van der Waals surface area contributed by atoms with Gasteiger partial charge in [0.25, 0.3) is 0 Å². The Bertz CT molecular complexity index is 176. The van der Waals surface area contributed by atoms with E-state index in [4.69, 9.17) is 0 Å². The lowest BCUT2D eigenvalue weighted by atomic mass is 10.1. The van der Waals surface area contributed by atoms with Crippen molar-refractivity contribution in [2.45, 2.75) is 18.9 Å². The summed E-state index contributed by atoms with van der Waals surface area (Å²) in [6, 6.07) is 0. The molecular weight excluding hydrogens is 176 g/mol. The van der Waals surface area contributed by atoms with E-state index in [0.717, 1.165) is 39.0 Å². The first kappa shape index (κ1) is 11.4. The number of aliphatic hydroxyl groups excluding tert-OH is 1. The number of rotatable bonds is 5. The van der Waals surface area contributed by atoms with E-state index in [0.29, 0.717) is 0 Å². The van der Waals surface area contributed by atoms with E-state index in [2.05, 4.69) is 23.2 Å². The second kappa shape index (κ2) is 5.96. The van der Waals surface area contributed by atoms with E-state index in [1.807, 2.05) is 12.2 Å². The van der Waals surface area contributed by atoms with Gasteiger partial charge in [-0.3, -0.25) is 0 Å². The van der Waals surface area contributed by atoms with Crippen LogP contribution in [0.25, 0.3) is 0 Å². The van der Waals surface area contributed by atoms with E-state index >= 15 is 0 Å².